The van der Waals surface area contributed by atoms with Crippen molar-refractivity contribution in [1.82, 2.24) is 5.32 Å². The van der Waals surface area contributed by atoms with E-state index < -0.39 is 0 Å². The number of carbonyl (C=O) groups excluding carboxylic acids is 2. The summed E-state index contributed by atoms with van der Waals surface area (Å²) in [6.45, 7) is 1.26. The Morgan fingerprint density at radius 1 is 1.17 bits per heavy atom. The number of ether oxygens (including phenoxy) is 1. The van der Waals surface area contributed by atoms with E-state index in [2.05, 4.69) is 16.0 Å². The van der Waals surface area contributed by atoms with Crippen LogP contribution >= 0.6 is 11.3 Å². The predicted octanol–water partition coefficient (Wildman–Crippen LogP) is 3.30. The lowest BCUT2D eigenvalue weighted by molar-refractivity contribution is 0.103. The summed E-state index contributed by atoms with van der Waals surface area (Å²) in [6.07, 6.45) is 2.12. The zero-order chi connectivity index (χ0) is 16.8. The molecule has 24 heavy (non-hydrogen) atoms. The molecule has 1 unspecified atom stereocenters. The highest BCUT2D eigenvalue weighted by Gasteiger charge is 2.16. The summed E-state index contributed by atoms with van der Waals surface area (Å²) in [5.41, 5.74) is 1.24. The number of amides is 3. The number of hydrogen-bond acceptors (Lipinski definition) is 4. The summed E-state index contributed by atoms with van der Waals surface area (Å²) in [5.74, 6) is -0.162. The predicted molar refractivity (Wildman–Crippen MR) is 94.7 cm³/mol. The van der Waals surface area contributed by atoms with Gasteiger partial charge in [0.15, 0.2) is 0 Å². The minimum Gasteiger partial charge on any atom is -0.376 e. The molecule has 0 bridgehead atoms. The molecule has 1 aromatic carbocycles. The standard InChI is InChI=1S/C17H19N3O3S/c21-16(15-7-3-9-24-15)19-12-4-1-5-13(10-12)20-17(22)18-11-14-6-2-8-23-14/h1,3-5,7,9-10,14H,2,6,8,11H2,(H,19,21)(H2,18,20,22). The van der Waals surface area contributed by atoms with Gasteiger partial charge in [-0.1, -0.05) is 12.1 Å². The fourth-order valence-corrected chi connectivity index (χ4v) is 3.08. The fraction of sp³-hybridized carbons (Fsp3) is 0.294. The van der Waals surface area contributed by atoms with Crippen LogP contribution in [0.4, 0.5) is 16.2 Å². The van der Waals surface area contributed by atoms with E-state index in [1.165, 1.54) is 11.3 Å². The normalized spacial score (nSPS) is 16.6. The number of anilines is 2. The molecule has 7 heteroatoms. The number of rotatable bonds is 5. The topological polar surface area (TPSA) is 79.5 Å². The average molecular weight is 345 g/mol. The van der Waals surface area contributed by atoms with Crippen LogP contribution in [0.1, 0.15) is 22.5 Å². The van der Waals surface area contributed by atoms with Gasteiger partial charge >= 0.3 is 6.03 Å². The second-order valence-corrected chi connectivity index (χ2v) is 6.43. The highest BCUT2D eigenvalue weighted by molar-refractivity contribution is 7.12. The molecule has 3 rings (SSSR count). The lowest BCUT2D eigenvalue weighted by atomic mass is 10.2. The van der Waals surface area contributed by atoms with Crippen LogP contribution in [-0.4, -0.2) is 31.2 Å². The number of nitrogens with one attached hydrogen (secondary N) is 3. The van der Waals surface area contributed by atoms with E-state index in [0.29, 0.717) is 22.8 Å². The van der Waals surface area contributed by atoms with Crippen molar-refractivity contribution in [2.45, 2.75) is 18.9 Å². The Bertz CT molecular complexity index is 697. The minimum atomic E-state index is -0.285. The van der Waals surface area contributed by atoms with Crippen molar-refractivity contribution in [3.63, 3.8) is 0 Å². The smallest absolute Gasteiger partial charge is 0.319 e. The van der Waals surface area contributed by atoms with E-state index in [4.69, 9.17) is 4.74 Å². The summed E-state index contributed by atoms with van der Waals surface area (Å²) in [5, 5.41) is 10.2. The largest absolute Gasteiger partial charge is 0.376 e. The Labute approximate surface area is 144 Å². The number of thiophene rings is 1. The first-order chi connectivity index (χ1) is 11.7. The summed E-state index contributed by atoms with van der Waals surface area (Å²) in [6, 6.07) is 10.4. The number of carbonyl (C=O) groups is 2. The molecule has 0 aliphatic carbocycles. The molecule has 3 N–H and O–H groups in total. The third-order valence-corrected chi connectivity index (χ3v) is 4.51. The van der Waals surface area contributed by atoms with E-state index in [-0.39, 0.29) is 18.0 Å². The van der Waals surface area contributed by atoms with Crippen LogP contribution in [0.3, 0.4) is 0 Å². The summed E-state index contributed by atoms with van der Waals surface area (Å²) < 4.78 is 5.46. The van der Waals surface area contributed by atoms with Crippen LogP contribution in [0.2, 0.25) is 0 Å². The molecule has 1 atom stereocenters. The summed E-state index contributed by atoms with van der Waals surface area (Å²) in [7, 11) is 0. The molecule has 2 heterocycles. The van der Waals surface area contributed by atoms with Gasteiger partial charge in [0.2, 0.25) is 0 Å². The molecule has 1 aliphatic heterocycles. The molecule has 6 nitrogen and oxygen atoms in total. The van der Waals surface area contributed by atoms with Gasteiger partial charge in [-0.05, 0) is 42.5 Å². The summed E-state index contributed by atoms with van der Waals surface area (Å²) >= 11 is 1.38. The van der Waals surface area contributed by atoms with Crippen molar-refractivity contribution in [2.75, 3.05) is 23.8 Å². The maximum absolute atomic E-state index is 12.0. The third kappa shape index (κ3) is 4.56. The average Bonchev–Trinajstić information content (AvgIpc) is 3.27. The first-order valence-corrected chi connectivity index (χ1v) is 8.70. The minimum absolute atomic E-state index is 0.104. The van der Waals surface area contributed by atoms with Gasteiger partial charge in [0, 0.05) is 24.5 Å². The highest BCUT2D eigenvalue weighted by Crippen LogP contribution is 2.17. The first-order valence-electron chi connectivity index (χ1n) is 7.82. The summed E-state index contributed by atoms with van der Waals surface area (Å²) in [4.78, 5) is 24.6. The third-order valence-electron chi connectivity index (χ3n) is 3.64. The Morgan fingerprint density at radius 2 is 2.00 bits per heavy atom. The van der Waals surface area contributed by atoms with E-state index in [0.717, 1.165) is 19.4 Å². The van der Waals surface area contributed by atoms with E-state index in [1.807, 2.05) is 11.4 Å². The maximum atomic E-state index is 12.0. The van der Waals surface area contributed by atoms with E-state index >= 15 is 0 Å². The van der Waals surface area contributed by atoms with E-state index in [1.54, 1.807) is 30.3 Å². The molecule has 1 aliphatic rings. The molecule has 2 aromatic rings. The Balaban J connectivity index is 1.52. The lowest BCUT2D eigenvalue weighted by Crippen LogP contribution is -2.35. The zero-order valence-corrected chi connectivity index (χ0v) is 13.9. The molecule has 3 amide bonds. The molecule has 1 fully saturated rings. The number of urea groups is 1. The quantitative estimate of drug-likeness (QED) is 0.778. The zero-order valence-electron chi connectivity index (χ0n) is 13.1. The Kier molecular flexibility index (Phi) is 5.45. The van der Waals surface area contributed by atoms with Crippen LogP contribution in [0.5, 0.6) is 0 Å². The number of benzene rings is 1. The van der Waals surface area contributed by atoms with Crippen LogP contribution in [0.25, 0.3) is 0 Å². The Hall–Kier alpha value is -2.38. The molecule has 1 saturated heterocycles. The van der Waals surface area contributed by atoms with Gasteiger partial charge in [-0.15, -0.1) is 11.3 Å². The second-order valence-electron chi connectivity index (χ2n) is 5.48. The molecule has 0 saturated carbocycles. The van der Waals surface area contributed by atoms with Crippen LogP contribution in [-0.2, 0) is 4.74 Å². The lowest BCUT2D eigenvalue weighted by Gasteiger charge is -2.12. The van der Waals surface area contributed by atoms with Crippen molar-refractivity contribution in [3.8, 4) is 0 Å². The molecule has 1 aromatic heterocycles. The monoisotopic (exact) mass is 345 g/mol. The van der Waals surface area contributed by atoms with Gasteiger partial charge < -0.3 is 20.7 Å². The van der Waals surface area contributed by atoms with Crippen molar-refractivity contribution < 1.29 is 14.3 Å². The van der Waals surface area contributed by atoms with Crippen molar-refractivity contribution in [3.05, 3.63) is 46.7 Å². The Morgan fingerprint density at radius 3 is 2.71 bits per heavy atom. The van der Waals surface area contributed by atoms with Crippen LogP contribution < -0.4 is 16.0 Å². The van der Waals surface area contributed by atoms with Gasteiger partial charge in [0.1, 0.15) is 0 Å². The van der Waals surface area contributed by atoms with Gasteiger partial charge in [0.05, 0.1) is 11.0 Å². The molecule has 126 valence electrons. The van der Waals surface area contributed by atoms with Crippen molar-refractivity contribution >= 4 is 34.6 Å². The SMILES string of the molecule is O=C(NCC1CCCO1)Nc1cccc(NC(=O)c2cccs2)c1. The highest BCUT2D eigenvalue weighted by atomic mass is 32.1. The van der Waals surface area contributed by atoms with Gasteiger partial charge in [0.25, 0.3) is 5.91 Å². The van der Waals surface area contributed by atoms with Crippen LogP contribution in [0.15, 0.2) is 41.8 Å². The molecule has 0 spiro atoms. The van der Waals surface area contributed by atoms with Crippen molar-refractivity contribution in [1.29, 1.82) is 0 Å². The first kappa shape index (κ1) is 16.5. The fourth-order valence-electron chi connectivity index (χ4n) is 2.46. The van der Waals surface area contributed by atoms with Gasteiger partial charge in [-0.25, -0.2) is 4.79 Å². The molecular formula is C17H19N3O3S. The van der Waals surface area contributed by atoms with E-state index in [9.17, 15) is 9.59 Å². The van der Waals surface area contributed by atoms with Gasteiger partial charge in [-0.3, -0.25) is 4.79 Å². The van der Waals surface area contributed by atoms with Crippen LogP contribution in [0, 0.1) is 0 Å². The molecule has 0 radical (unpaired) electrons. The second kappa shape index (κ2) is 7.94. The molecular weight excluding hydrogens is 326 g/mol. The maximum Gasteiger partial charge on any atom is 0.319 e. The number of hydrogen-bond donors (Lipinski definition) is 3. The van der Waals surface area contributed by atoms with Gasteiger partial charge in [-0.2, -0.15) is 0 Å². The van der Waals surface area contributed by atoms with Crippen molar-refractivity contribution in [2.24, 2.45) is 0 Å².